The van der Waals surface area contributed by atoms with Gasteiger partial charge in [-0.25, -0.2) is 0 Å². The molecule has 1 aromatic carbocycles. The monoisotopic (exact) mass is 275 g/mol. The summed E-state index contributed by atoms with van der Waals surface area (Å²) in [5.74, 6) is 0.131. The fraction of sp³-hybridized carbons (Fsp3) is 0.214. The molecule has 0 saturated carbocycles. The predicted molar refractivity (Wildman–Crippen MR) is 78.5 cm³/mol. The zero-order chi connectivity index (χ0) is 13.7. The van der Waals surface area contributed by atoms with Gasteiger partial charge >= 0.3 is 0 Å². The third-order valence-corrected chi connectivity index (χ3v) is 3.99. The van der Waals surface area contributed by atoms with Gasteiger partial charge in [-0.05, 0) is 23.9 Å². The minimum Gasteiger partial charge on any atom is -0.409 e. The van der Waals surface area contributed by atoms with Crippen molar-refractivity contribution >= 4 is 17.2 Å². The molecule has 0 fully saturated rings. The highest BCUT2D eigenvalue weighted by molar-refractivity contribution is 7.10. The summed E-state index contributed by atoms with van der Waals surface area (Å²) in [7, 11) is 0. The van der Waals surface area contributed by atoms with E-state index in [1.54, 1.807) is 11.3 Å². The minimum atomic E-state index is 0.131. The molecule has 0 spiro atoms. The van der Waals surface area contributed by atoms with Crippen molar-refractivity contribution in [2.75, 3.05) is 0 Å². The molecule has 4 nitrogen and oxygen atoms in total. The number of benzene rings is 1. The van der Waals surface area contributed by atoms with Crippen molar-refractivity contribution in [1.82, 2.24) is 5.32 Å². The van der Waals surface area contributed by atoms with Crippen LogP contribution < -0.4 is 11.1 Å². The highest BCUT2D eigenvalue weighted by atomic mass is 32.1. The molecule has 0 radical (unpaired) electrons. The van der Waals surface area contributed by atoms with Crippen molar-refractivity contribution in [3.8, 4) is 0 Å². The largest absolute Gasteiger partial charge is 0.409 e. The van der Waals surface area contributed by atoms with Gasteiger partial charge in [-0.3, -0.25) is 0 Å². The number of rotatable bonds is 5. The van der Waals surface area contributed by atoms with Crippen molar-refractivity contribution in [3.63, 3.8) is 0 Å². The van der Waals surface area contributed by atoms with Crippen LogP contribution in [-0.2, 0) is 6.54 Å². The predicted octanol–water partition coefficient (Wildman–Crippen LogP) is 2.69. The van der Waals surface area contributed by atoms with Crippen molar-refractivity contribution < 1.29 is 5.21 Å². The molecular weight excluding hydrogens is 258 g/mol. The molecule has 0 saturated heterocycles. The van der Waals surface area contributed by atoms with E-state index in [9.17, 15) is 0 Å². The zero-order valence-electron chi connectivity index (χ0n) is 10.7. The van der Waals surface area contributed by atoms with Gasteiger partial charge in [0.05, 0.1) is 0 Å². The van der Waals surface area contributed by atoms with Crippen molar-refractivity contribution in [2.45, 2.75) is 19.5 Å². The van der Waals surface area contributed by atoms with E-state index in [1.165, 1.54) is 4.88 Å². The average Bonchev–Trinajstić information content (AvgIpc) is 2.98. The fourth-order valence-electron chi connectivity index (χ4n) is 1.76. The second-order valence-electron chi connectivity index (χ2n) is 4.30. The molecule has 1 atom stereocenters. The van der Waals surface area contributed by atoms with Crippen LogP contribution in [0.4, 0.5) is 0 Å². The third-order valence-electron chi connectivity index (χ3n) is 2.94. The summed E-state index contributed by atoms with van der Waals surface area (Å²) in [6.07, 6.45) is 0. The summed E-state index contributed by atoms with van der Waals surface area (Å²) in [6, 6.07) is 12.2. The smallest absolute Gasteiger partial charge is 0.170 e. The molecule has 0 bridgehead atoms. The highest BCUT2D eigenvalue weighted by Crippen LogP contribution is 2.18. The molecule has 0 amide bonds. The van der Waals surface area contributed by atoms with E-state index < -0.39 is 0 Å². The Morgan fingerprint density at radius 2 is 2.11 bits per heavy atom. The maximum atomic E-state index is 8.59. The van der Waals surface area contributed by atoms with E-state index in [4.69, 9.17) is 10.9 Å². The fourth-order valence-corrected chi connectivity index (χ4v) is 2.52. The van der Waals surface area contributed by atoms with E-state index in [-0.39, 0.29) is 5.84 Å². The summed E-state index contributed by atoms with van der Waals surface area (Å²) < 4.78 is 0. The first-order valence-corrected chi connectivity index (χ1v) is 6.92. The lowest BCUT2D eigenvalue weighted by atomic mass is 10.1. The highest BCUT2D eigenvalue weighted by Gasteiger charge is 2.05. The maximum absolute atomic E-state index is 8.59. The van der Waals surface area contributed by atoms with Crippen LogP contribution in [0.1, 0.15) is 29.0 Å². The Kier molecular flexibility index (Phi) is 4.54. The molecular formula is C14H17N3OS. The Hall–Kier alpha value is -1.85. The molecule has 0 aliphatic rings. The Bertz CT molecular complexity index is 534. The second kappa shape index (κ2) is 6.36. The number of thiophene rings is 1. The molecule has 0 aliphatic carbocycles. The van der Waals surface area contributed by atoms with Gasteiger partial charge in [0.1, 0.15) is 0 Å². The average molecular weight is 275 g/mol. The Morgan fingerprint density at radius 1 is 1.37 bits per heavy atom. The summed E-state index contributed by atoms with van der Waals surface area (Å²) in [4.78, 5) is 1.33. The van der Waals surface area contributed by atoms with Crippen LogP contribution >= 0.6 is 11.3 Å². The minimum absolute atomic E-state index is 0.131. The van der Waals surface area contributed by atoms with Gasteiger partial charge < -0.3 is 16.3 Å². The molecule has 2 aromatic rings. The first kappa shape index (κ1) is 13.6. The molecule has 0 aliphatic heterocycles. The lowest BCUT2D eigenvalue weighted by Crippen LogP contribution is -2.17. The van der Waals surface area contributed by atoms with Crippen LogP contribution in [0.2, 0.25) is 0 Å². The lowest BCUT2D eigenvalue weighted by molar-refractivity contribution is 0.318. The topological polar surface area (TPSA) is 70.6 Å². The van der Waals surface area contributed by atoms with Crippen molar-refractivity contribution in [1.29, 1.82) is 0 Å². The molecule has 4 N–H and O–H groups in total. The van der Waals surface area contributed by atoms with Gasteiger partial charge in [0.2, 0.25) is 0 Å². The Labute approximate surface area is 116 Å². The summed E-state index contributed by atoms with van der Waals surface area (Å²) in [5.41, 5.74) is 7.40. The van der Waals surface area contributed by atoms with Crippen LogP contribution in [0.3, 0.4) is 0 Å². The number of hydrogen-bond acceptors (Lipinski definition) is 4. The maximum Gasteiger partial charge on any atom is 0.170 e. The summed E-state index contributed by atoms with van der Waals surface area (Å²) >= 11 is 1.75. The normalized spacial score (nSPS) is 13.4. The van der Waals surface area contributed by atoms with Crippen LogP contribution in [0.25, 0.3) is 0 Å². The lowest BCUT2D eigenvalue weighted by Gasteiger charge is -2.12. The quantitative estimate of drug-likeness (QED) is 0.340. The van der Waals surface area contributed by atoms with E-state index in [0.717, 1.165) is 17.7 Å². The molecule has 19 heavy (non-hydrogen) atoms. The summed E-state index contributed by atoms with van der Waals surface area (Å²) in [5, 5.41) is 17.1. The Morgan fingerprint density at radius 3 is 2.68 bits per heavy atom. The van der Waals surface area contributed by atoms with E-state index in [2.05, 4.69) is 34.9 Å². The van der Waals surface area contributed by atoms with Crippen LogP contribution in [0.5, 0.6) is 0 Å². The van der Waals surface area contributed by atoms with E-state index in [0.29, 0.717) is 6.04 Å². The number of nitrogens with zero attached hydrogens (tertiary/aromatic N) is 1. The standard InChI is InChI=1S/C14H17N3OS/c1-10(13-3-2-8-19-13)16-9-11-4-6-12(7-5-11)14(15)17-18/h2-8,10,16,18H,9H2,1H3,(H2,15,17)/t10-/m1/s1. The van der Waals surface area contributed by atoms with E-state index >= 15 is 0 Å². The first-order chi connectivity index (χ1) is 9.20. The van der Waals surface area contributed by atoms with Gasteiger partial charge in [-0.2, -0.15) is 0 Å². The van der Waals surface area contributed by atoms with Gasteiger partial charge in [-0.1, -0.05) is 35.5 Å². The Balaban J connectivity index is 1.93. The van der Waals surface area contributed by atoms with E-state index in [1.807, 2.05) is 24.3 Å². The second-order valence-corrected chi connectivity index (χ2v) is 5.28. The molecule has 100 valence electrons. The van der Waals surface area contributed by atoms with Gasteiger partial charge in [0, 0.05) is 23.0 Å². The molecule has 0 unspecified atom stereocenters. The number of nitrogens with two attached hydrogens (primary N) is 1. The number of nitrogens with one attached hydrogen (secondary N) is 1. The van der Waals surface area contributed by atoms with Crippen molar-refractivity contribution in [2.24, 2.45) is 10.9 Å². The van der Waals surface area contributed by atoms with Gasteiger partial charge in [-0.15, -0.1) is 11.3 Å². The first-order valence-electron chi connectivity index (χ1n) is 6.04. The van der Waals surface area contributed by atoms with Gasteiger partial charge in [0.25, 0.3) is 0 Å². The summed E-state index contributed by atoms with van der Waals surface area (Å²) in [6.45, 7) is 2.94. The zero-order valence-corrected chi connectivity index (χ0v) is 11.5. The SMILES string of the molecule is C[C@@H](NCc1ccc(/C(N)=N/O)cc1)c1cccs1. The molecule has 5 heteroatoms. The van der Waals surface area contributed by atoms with Crippen molar-refractivity contribution in [3.05, 3.63) is 57.8 Å². The number of oxime groups is 1. The van der Waals surface area contributed by atoms with Crippen LogP contribution in [0, 0.1) is 0 Å². The van der Waals surface area contributed by atoms with Crippen LogP contribution in [-0.4, -0.2) is 11.0 Å². The van der Waals surface area contributed by atoms with Crippen LogP contribution in [0.15, 0.2) is 46.9 Å². The number of amidine groups is 1. The third kappa shape index (κ3) is 3.56. The molecule has 2 rings (SSSR count). The molecule has 1 aromatic heterocycles. The number of hydrogen-bond donors (Lipinski definition) is 3. The molecule has 1 heterocycles. The van der Waals surface area contributed by atoms with Gasteiger partial charge in [0.15, 0.2) is 5.84 Å².